The van der Waals surface area contributed by atoms with Crippen LogP contribution in [0.5, 0.6) is 0 Å². The molecule has 0 fully saturated rings. The van der Waals surface area contributed by atoms with Gasteiger partial charge in [0.15, 0.2) is 0 Å². The van der Waals surface area contributed by atoms with Crippen LogP contribution in [0.2, 0.25) is 0 Å². The lowest BCUT2D eigenvalue weighted by Gasteiger charge is -2.26. The van der Waals surface area contributed by atoms with Crippen LogP contribution in [-0.4, -0.2) is 34.3 Å². The molecule has 0 aliphatic carbocycles. The van der Waals surface area contributed by atoms with E-state index in [1.807, 2.05) is 31.2 Å². The van der Waals surface area contributed by atoms with E-state index >= 15 is 0 Å². The summed E-state index contributed by atoms with van der Waals surface area (Å²) < 4.78 is 1.38. The molecule has 0 bridgehead atoms. The number of nitrogens with zero attached hydrogens (tertiary/aromatic N) is 2. The first-order valence-electron chi connectivity index (χ1n) is 11.3. The molecule has 0 atom stereocenters. The van der Waals surface area contributed by atoms with Gasteiger partial charge in [-0.1, -0.05) is 45.4 Å². The maximum Gasteiger partial charge on any atom is 0.330 e. The standard InChI is InChI=1S/C24H35N5O3S/c1-5-7-13-29-22(25)21(23(31)27-24(29)32)28(14-12-17(3)4)16-20(30)26-18-10-8-9-11-19(18)33-15-6-2/h6,8-11,17H,2,5,7,12-16,25H2,1,3-4H3,(H,26,30)(H,27,31,32). The summed E-state index contributed by atoms with van der Waals surface area (Å²) in [6, 6.07) is 7.55. The summed E-state index contributed by atoms with van der Waals surface area (Å²) in [5.41, 5.74) is 6.05. The second-order valence-electron chi connectivity index (χ2n) is 8.25. The number of nitrogens with one attached hydrogen (secondary N) is 2. The van der Waals surface area contributed by atoms with Crippen molar-refractivity contribution in [3.05, 3.63) is 57.8 Å². The molecule has 1 amide bonds. The summed E-state index contributed by atoms with van der Waals surface area (Å²) in [6.45, 7) is 10.7. The van der Waals surface area contributed by atoms with Crippen LogP contribution < -0.4 is 27.2 Å². The van der Waals surface area contributed by atoms with Gasteiger partial charge in [0.2, 0.25) is 5.91 Å². The fourth-order valence-electron chi connectivity index (χ4n) is 3.31. The number of aromatic nitrogens is 2. The van der Waals surface area contributed by atoms with Gasteiger partial charge in [-0.25, -0.2) is 4.79 Å². The summed E-state index contributed by atoms with van der Waals surface area (Å²) in [6.07, 6.45) is 4.19. The zero-order valence-corrected chi connectivity index (χ0v) is 20.5. The minimum absolute atomic E-state index is 0.0631. The number of nitrogen functional groups attached to an aromatic ring is 1. The number of aromatic amines is 1. The zero-order valence-electron chi connectivity index (χ0n) is 19.7. The van der Waals surface area contributed by atoms with Crippen molar-refractivity contribution in [1.82, 2.24) is 9.55 Å². The first-order chi connectivity index (χ1) is 15.8. The van der Waals surface area contributed by atoms with Crippen molar-refractivity contribution >= 4 is 34.9 Å². The molecule has 9 heteroatoms. The molecule has 4 N–H and O–H groups in total. The molecule has 2 rings (SSSR count). The van der Waals surface area contributed by atoms with Gasteiger partial charge in [-0.05, 0) is 30.9 Å². The molecule has 1 aromatic heterocycles. The lowest BCUT2D eigenvalue weighted by Crippen LogP contribution is -2.42. The summed E-state index contributed by atoms with van der Waals surface area (Å²) in [5.74, 6) is 0.905. The van der Waals surface area contributed by atoms with Crippen molar-refractivity contribution < 1.29 is 4.79 Å². The van der Waals surface area contributed by atoms with E-state index < -0.39 is 11.2 Å². The van der Waals surface area contributed by atoms with Crippen LogP contribution in [0.15, 0.2) is 51.4 Å². The van der Waals surface area contributed by atoms with Gasteiger partial charge < -0.3 is 16.0 Å². The highest BCUT2D eigenvalue weighted by Crippen LogP contribution is 2.27. The number of unbranched alkanes of at least 4 members (excludes halogenated alkanes) is 1. The largest absolute Gasteiger partial charge is 0.383 e. The molecule has 0 spiro atoms. The average molecular weight is 474 g/mol. The number of carbonyl (C=O) groups excluding carboxylic acids is 1. The number of nitrogens with two attached hydrogens (primary N) is 1. The lowest BCUT2D eigenvalue weighted by molar-refractivity contribution is -0.115. The molecule has 0 unspecified atom stereocenters. The fraction of sp³-hybridized carbons (Fsp3) is 0.458. The third kappa shape index (κ3) is 7.56. The summed E-state index contributed by atoms with van der Waals surface area (Å²) in [5, 5.41) is 2.95. The maximum atomic E-state index is 13.0. The Hall–Kier alpha value is -2.94. The first kappa shape index (κ1) is 26.3. The fourth-order valence-corrected chi connectivity index (χ4v) is 4.06. The minimum atomic E-state index is -0.580. The van der Waals surface area contributed by atoms with Gasteiger partial charge in [-0.2, -0.15) is 0 Å². The first-order valence-corrected chi connectivity index (χ1v) is 12.3. The van der Waals surface area contributed by atoms with E-state index in [1.54, 1.807) is 22.7 Å². The van der Waals surface area contributed by atoms with Gasteiger partial charge in [0.05, 0.1) is 12.2 Å². The Morgan fingerprint density at radius 1 is 1.33 bits per heavy atom. The Labute approximate surface area is 199 Å². The normalized spacial score (nSPS) is 10.9. The van der Waals surface area contributed by atoms with Crippen molar-refractivity contribution in [2.75, 3.05) is 34.8 Å². The molecular formula is C24H35N5O3S. The molecule has 1 aromatic carbocycles. The SMILES string of the molecule is C=CCSc1ccccc1NC(=O)CN(CCC(C)C)c1c(N)n(CCCC)c(=O)[nH]c1=O. The van der Waals surface area contributed by atoms with E-state index in [0.29, 0.717) is 24.7 Å². The predicted molar refractivity (Wildman–Crippen MR) is 138 cm³/mol. The molecule has 8 nitrogen and oxygen atoms in total. The molecule has 0 saturated heterocycles. The van der Waals surface area contributed by atoms with Gasteiger partial charge in [0.25, 0.3) is 5.56 Å². The smallest absolute Gasteiger partial charge is 0.330 e. The Morgan fingerprint density at radius 2 is 2.06 bits per heavy atom. The number of benzene rings is 1. The van der Waals surface area contributed by atoms with E-state index in [2.05, 4.69) is 30.7 Å². The minimum Gasteiger partial charge on any atom is -0.383 e. The van der Waals surface area contributed by atoms with Crippen molar-refractivity contribution in [1.29, 1.82) is 0 Å². The molecule has 0 aliphatic heterocycles. The second-order valence-corrected chi connectivity index (χ2v) is 9.31. The number of carbonyl (C=O) groups is 1. The van der Waals surface area contributed by atoms with Crippen molar-refractivity contribution in [3.63, 3.8) is 0 Å². The average Bonchev–Trinajstić information content (AvgIpc) is 2.76. The van der Waals surface area contributed by atoms with Gasteiger partial charge in [-0.15, -0.1) is 18.3 Å². The summed E-state index contributed by atoms with van der Waals surface area (Å²) in [4.78, 5) is 43.0. The number of thioether (sulfide) groups is 1. The molecule has 180 valence electrons. The highest BCUT2D eigenvalue weighted by Gasteiger charge is 2.21. The summed E-state index contributed by atoms with van der Waals surface area (Å²) >= 11 is 1.58. The van der Waals surface area contributed by atoms with Crippen molar-refractivity contribution in [3.8, 4) is 0 Å². The molecule has 33 heavy (non-hydrogen) atoms. The Kier molecular flexibility index (Phi) is 10.3. The maximum absolute atomic E-state index is 13.0. The van der Waals surface area contributed by atoms with Crippen LogP contribution in [0.25, 0.3) is 0 Å². The van der Waals surface area contributed by atoms with E-state index in [4.69, 9.17) is 5.73 Å². The number of para-hydroxylation sites is 1. The van der Waals surface area contributed by atoms with Gasteiger partial charge in [0, 0.05) is 23.7 Å². The van der Waals surface area contributed by atoms with E-state index in [-0.39, 0.29) is 24.0 Å². The van der Waals surface area contributed by atoms with E-state index in [1.165, 1.54) is 4.57 Å². The Bertz CT molecular complexity index is 1060. The Morgan fingerprint density at radius 3 is 2.73 bits per heavy atom. The van der Waals surface area contributed by atoms with Gasteiger partial charge >= 0.3 is 5.69 Å². The molecule has 0 saturated carbocycles. The highest BCUT2D eigenvalue weighted by atomic mass is 32.2. The lowest BCUT2D eigenvalue weighted by atomic mass is 10.1. The van der Waals surface area contributed by atoms with E-state index in [9.17, 15) is 14.4 Å². The van der Waals surface area contributed by atoms with Crippen molar-refractivity contribution in [2.45, 2.75) is 51.5 Å². The van der Waals surface area contributed by atoms with E-state index in [0.717, 1.165) is 29.9 Å². The van der Waals surface area contributed by atoms with Gasteiger partial charge in [0.1, 0.15) is 11.5 Å². The number of rotatable bonds is 13. The van der Waals surface area contributed by atoms with Crippen LogP contribution in [-0.2, 0) is 11.3 Å². The molecule has 0 radical (unpaired) electrons. The number of hydrogen-bond donors (Lipinski definition) is 3. The topological polar surface area (TPSA) is 113 Å². The van der Waals surface area contributed by atoms with Crippen LogP contribution in [0.4, 0.5) is 17.2 Å². The van der Waals surface area contributed by atoms with Crippen LogP contribution in [0.3, 0.4) is 0 Å². The molecule has 1 heterocycles. The van der Waals surface area contributed by atoms with Crippen molar-refractivity contribution in [2.24, 2.45) is 5.92 Å². The molecule has 2 aromatic rings. The van der Waals surface area contributed by atoms with Crippen LogP contribution >= 0.6 is 11.8 Å². The highest BCUT2D eigenvalue weighted by molar-refractivity contribution is 7.99. The number of anilines is 3. The van der Waals surface area contributed by atoms with Crippen LogP contribution in [0, 0.1) is 5.92 Å². The monoisotopic (exact) mass is 473 g/mol. The Balaban J connectivity index is 2.34. The molecular weight excluding hydrogens is 438 g/mol. The third-order valence-electron chi connectivity index (χ3n) is 5.09. The predicted octanol–water partition coefficient (Wildman–Crippen LogP) is 3.69. The van der Waals surface area contributed by atoms with Gasteiger partial charge in [-0.3, -0.25) is 19.1 Å². The quantitative estimate of drug-likeness (QED) is 0.302. The third-order valence-corrected chi connectivity index (χ3v) is 6.16. The number of hydrogen-bond acceptors (Lipinski definition) is 6. The second kappa shape index (κ2) is 12.9. The van der Waals surface area contributed by atoms with Crippen LogP contribution in [0.1, 0.15) is 40.0 Å². The zero-order chi connectivity index (χ0) is 24.4. The number of H-pyrrole nitrogens is 1. The number of amides is 1. The summed E-state index contributed by atoms with van der Waals surface area (Å²) in [7, 11) is 0. The molecule has 0 aliphatic rings.